The van der Waals surface area contributed by atoms with E-state index < -0.39 is 0 Å². The van der Waals surface area contributed by atoms with Gasteiger partial charge in [-0.05, 0) is 49.2 Å². The highest BCUT2D eigenvalue weighted by Crippen LogP contribution is 2.20. The Labute approximate surface area is 193 Å². The van der Waals surface area contributed by atoms with Crippen molar-refractivity contribution in [2.24, 2.45) is 0 Å². The van der Waals surface area contributed by atoms with E-state index in [9.17, 15) is 4.79 Å². The van der Waals surface area contributed by atoms with Crippen molar-refractivity contribution in [3.63, 3.8) is 0 Å². The van der Waals surface area contributed by atoms with Crippen LogP contribution in [-0.4, -0.2) is 40.7 Å². The van der Waals surface area contributed by atoms with Gasteiger partial charge >= 0.3 is 0 Å². The number of carbonyl (C=O) groups excluding carboxylic acids is 1. The van der Waals surface area contributed by atoms with Crippen LogP contribution in [0.25, 0.3) is 11.0 Å². The third kappa shape index (κ3) is 5.88. The molecule has 0 aliphatic heterocycles. The van der Waals surface area contributed by atoms with Gasteiger partial charge in [0.25, 0.3) is 5.91 Å². The molecule has 33 heavy (non-hydrogen) atoms. The minimum Gasteiger partial charge on any atom is -0.497 e. The molecule has 0 fully saturated rings. The highest BCUT2D eigenvalue weighted by atomic mass is 16.5. The van der Waals surface area contributed by atoms with Gasteiger partial charge in [0.2, 0.25) is 0 Å². The second-order valence-corrected chi connectivity index (χ2v) is 7.62. The van der Waals surface area contributed by atoms with Gasteiger partial charge in [0.15, 0.2) is 0 Å². The van der Waals surface area contributed by atoms with Crippen molar-refractivity contribution in [1.29, 1.82) is 0 Å². The van der Waals surface area contributed by atoms with E-state index >= 15 is 0 Å². The maximum atomic E-state index is 12.2. The fourth-order valence-electron chi connectivity index (χ4n) is 3.71. The maximum Gasteiger partial charge on any atom is 0.269 e. The molecular weight excluding hydrogens is 416 g/mol. The number of fused-ring (bicyclic) bond motifs is 1. The zero-order valence-corrected chi connectivity index (χ0v) is 18.7. The summed E-state index contributed by atoms with van der Waals surface area (Å²) in [6, 6.07) is 21.1. The molecule has 4 rings (SSSR count). The van der Waals surface area contributed by atoms with Crippen LogP contribution in [0.15, 0.2) is 72.9 Å². The number of aryl methyl sites for hydroxylation is 2. The van der Waals surface area contributed by atoms with Crippen molar-refractivity contribution in [2.45, 2.75) is 25.8 Å². The average molecular weight is 445 g/mol. The number of ether oxygens (including phenoxy) is 2. The number of nitrogens with zero attached hydrogens (tertiary/aromatic N) is 3. The molecule has 2 aromatic heterocycles. The van der Waals surface area contributed by atoms with Gasteiger partial charge in [0.05, 0.1) is 24.8 Å². The minimum atomic E-state index is -0.154. The van der Waals surface area contributed by atoms with Gasteiger partial charge in [-0.15, -0.1) is 0 Å². The van der Waals surface area contributed by atoms with Gasteiger partial charge in [-0.1, -0.05) is 24.3 Å². The minimum absolute atomic E-state index is 0.154. The van der Waals surface area contributed by atoms with Crippen molar-refractivity contribution in [3.05, 3.63) is 84.4 Å². The second kappa shape index (κ2) is 11.1. The standard InChI is InChI=1S/C26H28N4O3/c1-32-20-9-6-10-21(19-20)33-18-8-17-30-24-13-3-2-11-22(24)29-25(30)14-7-16-28-26(31)23-12-4-5-15-27-23/h2-6,9-13,15,19H,7-8,14,16-18H2,1H3,(H,28,31). The second-order valence-electron chi connectivity index (χ2n) is 7.62. The lowest BCUT2D eigenvalue weighted by molar-refractivity contribution is 0.0948. The van der Waals surface area contributed by atoms with E-state index in [0.29, 0.717) is 18.8 Å². The summed E-state index contributed by atoms with van der Waals surface area (Å²) in [6.07, 6.45) is 4.03. The van der Waals surface area contributed by atoms with Gasteiger partial charge < -0.3 is 19.4 Å². The Morgan fingerprint density at radius 3 is 2.70 bits per heavy atom. The molecule has 0 saturated carbocycles. The molecule has 0 atom stereocenters. The van der Waals surface area contributed by atoms with Crippen LogP contribution in [0.5, 0.6) is 11.5 Å². The molecule has 0 spiro atoms. The number of hydrogen-bond donors (Lipinski definition) is 1. The number of para-hydroxylation sites is 2. The Hall–Kier alpha value is -3.87. The van der Waals surface area contributed by atoms with E-state index in [1.54, 1.807) is 25.4 Å². The maximum absolute atomic E-state index is 12.2. The Bertz CT molecular complexity index is 1190. The van der Waals surface area contributed by atoms with Gasteiger partial charge in [-0.2, -0.15) is 0 Å². The molecule has 0 unspecified atom stereocenters. The summed E-state index contributed by atoms with van der Waals surface area (Å²) in [5, 5.41) is 2.93. The predicted octanol–water partition coefficient (Wildman–Crippen LogP) is 4.27. The Morgan fingerprint density at radius 2 is 1.85 bits per heavy atom. The first-order chi connectivity index (χ1) is 16.2. The lowest BCUT2D eigenvalue weighted by Crippen LogP contribution is -2.25. The molecule has 1 N–H and O–H groups in total. The SMILES string of the molecule is COc1cccc(OCCCn2c(CCCNC(=O)c3ccccn3)nc3ccccc32)c1. The molecule has 170 valence electrons. The van der Waals surface area contributed by atoms with Crippen LogP contribution in [0.1, 0.15) is 29.2 Å². The molecule has 1 amide bonds. The number of amides is 1. The van der Waals surface area contributed by atoms with Crippen molar-refractivity contribution >= 4 is 16.9 Å². The zero-order valence-electron chi connectivity index (χ0n) is 18.7. The number of imidazole rings is 1. The third-order valence-electron chi connectivity index (χ3n) is 5.33. The Morgan fingerprint density at radius 1 is 1.00 bits per heavy atom. The van der Waals surface area contributed by atoms with Crippen LogP contribution in [0.2, 0.25) is 0 Å². The molecule has 0 aliphatic carbocycles. The number of aromatic nitrogens is 3. The summed E-state index contributed by atoms with van der Waals surface area (Å²) in [4.78, 5) is 21.1. The van der Waals surface area contributed by atoms with Crippen LogP contribution in [0.4, 0.5) is 0 Å². The highest BCUT2D eigenvalue weighted by molar-refractivity contribution is 5.92. The first-order valence-corrected chi connectivity index (χ1v) is 11.1. The molecule has 0 radical (unpaired) electrons. The Balaban J connectivity index is 1.32. The highest BCUT2D eigenvalue weighted by Gasteiger charge is 2.11. The van der Waals surface area contributed by atoms with Gasteiger partial charge in [-0.25, -0.2) is 4.98 Å². The van der Waals surface area contributed by atoms with E-state index in [0.717, 1.165) is 54.2 Å². The van der Waals surface area contributed by atoms with Crippen LogP contribution < -0.4 is 14.8 Å². The lowest BCUT2D eigenvalue weighted by Gasteiger charge is -2.11. The number of pyridine rings is 1. The Kier molecular flexibility index (Phi) is 7.53. The molecule has 0 bridgehead atoms. The van der Waals surface area contributed by atoms with Crippen LogP contribution in [0, 0.1) is 0 Å². The topological polar surface area (TPSA) is 78.3 Å². The van der Waals surface area contributed by atoms with E-state index in [-0.39, 0.29) is 5.91 Å². The molecule has 4 aromatic rings. The summed E-state index contributed by atoms with van der Waals surface area (Å²) in [7, 11) is 1.65. The molecule has 2 aromatic carbocycles. The van der Waals surface area contributed by atoms with E-state index in [4.69, 9.17) is 14.5 Å². The zero-order chi connectivity index (χ0) is 22.9. The number of methoxy groups -OCH3 is 1. The van der Waals surface area contributed by atoms with Gasteiger partial charge in [0, 0.05) is 31.8 Å². The molecule has 2 heterocycles. The summed E-state index contributed by atoms with van der Waals surface area (Å²) < 4.78 is 13.4. The molecule has 0 saturated heterocycles. The summed E-state index contributed by atoms with van der Waals surface area (Å²) >= 11 is 0. The van der Waals surface area contributed by atoms with E-state index in [1.807, 2.05) is 48.5 Å². The smallest absolute Gasteiger partial charge is 0.269 e. The first-order valence-electron chi connectivity index (χ1n) is 11.1. The van der Waals surface area contributed by atoms with Crippen LogP contribution in [0.3, 0.4) is 0 Å². The fourth-order valence-corrected chi connectivity index (χ4v) is 3.71. The quantitative estimate of drug-likeness (QED) is 0.350. The lowest BCUT2D eigenvalue weighted by atomic mass is 10.2. The summed E-state index contributed by atoms with van der Waals surface area (Å²) in [5.74, 6) is 2.45. The molecule has 0 aliphatic rings. The number of nitrogens with one attached hydrogen (secondary N) is 1. The largest absolute Gasteiger partial charge is 0.497 e. The molecule has 7 heteroatoms. The van der Waals surface area contributed by atoms with Crippen molar-refractivity contribution in [3.8, 4) is 11.5 Å². The third-order valence-corrected chi connectivity index (χ3v) is 5.33. The monoisotopic (exact) mass is 444 g/mol. The summed E-state index contributed by atoms with van der Waals surface area (Å²) in [5.41, 5.74) is 2.53. The van der Waals surface area contributed by atoms with Crippen molar-refractivity contribution < 1.29 is 14.3 Å². The van der Waals surface area contributed by atoms with Crippen molar-refractivity contribution in [2.75, 3.05) is 20.3 Å². The number of carbonyl (C=O) groups is 1. The van der Waals surface area contributed by atoms with Gasteiger partial charge in [-0.3, -0.25) is 9.78 Å². The average Bonchev–Trinajstić information content (AvgIpc) is 3.22. The van der Waals surface area contributed by atoms with E-state index in [1.165, 1.54) is 0 Å². The van der Waals surface area contributed by atoms with Crippen LogP contribution >= 0.6 is 0 Å². The van der Waals surface area contributed by atoms with E-state index in [2.05, 4.69) is 20.9 Å². The van der Waals surface area contributed by atoms with Crippen LogP contribution in [-0.2, 0) is 13.0 Å². The molecule has 7 nitrogen and oxygen atoms in total. The first kappa shape index (κ1) is 22.3. The number of benzene rings is 2. The normalized spacial score (nSPS) is 10.8. The number of rotatable bonds is 11. The predicted molar refractivity (Wildman–Crippen MR) is 128 cm³/mol. The summed E-state index contributed by atoms with van der Waals surface area (Å²) in [6.45, 7) is 1.97. The van der Waals surface area contributed by atoms with Crippen molar-refractivity contribution in [1.82, 2.24) is 19.9 Å². The fraction of sp³-hybridized carbons (Fsp3) is 0.269. The van der Waals surface area contributed by atoms with Gasteiger partial charge in [0.1, 0.15) is 23.0 Å². The molecular formula is C26H28N4O3. The number of hydrogen-bond acceptors (Lipinski definition) is 5.